The highest BCUT2D eigenvalue weighted by Crippen LogP contribution is 2.23. The normalized spacial score (nSPS) is 10.5. The third kappa shape index (κ3) is 1.97. The van der Waals surface area contributed by atoms with Crippen molar-refractivity contribution >= 4 is 28.8 Å². The second-order valence-electron chi connectivity index (χ2n) is 3.13. The molecule has 4 heteroatoms. The van der Waals surface area contributed by atoms with Crippen molar-refractivity contribution in [1.82, 2.24) is 4.98 Å². The van der Waals surface area contributed by atoms with Crippen LogP contribution in [0.3, 0.4) is 0 Å². The summed E-state index contributed by atoms with van der Waals surface area (Å²) in [7, 11) is 0. The molecular weight excluding hydrogens is 217 g/mol. The quantitative estimate of drug-likeness (QED) is 0.733. The van der Waals surface area contributed by atoms with Crippen LogP contribution < -0.4 is 0 Å². The SMILES string of the molecule is O=CCc1cc(Cl)c2ccc(F)cc2n1. The van der Waals surface area contributed by atoms with Gasteiger partial charge in [0.15, 0.2) is 0 Å². The molecule has 0 aliphatic rings. The molecule has 0 radical (unpaired) electrons. The first-order chi connectivity index (χ1) is 7.20. The van der Waals surface area contributed by atoms with Gasteiger partial charge in [0.25, 0.3) is 0 Å². The Kier molecular flexibility index (Phi) is 2.64. The number of nitrogens with zero attached hydrogens (tertiary/aromatic N) is 1. The van der Waals surface area contributed by atoms with E-state index >= 15 is 0 Å². The Morgan fingerprint density at radius 3 is 2.93 bits per heavy atom. The summed E-state index contributed by atoms with van der Waals surface area (Å²) in [6, 6.07) is 5.83. The zero-order valence-electron chi connectivity index (χ0n) is 7.71. The Morgan fingerprint density at radius 1 is 1.40 bits per heavy atom. The molecule has 0 amide bonds. The molecule has 0 unspecified atom stereocenters. The summed E-state index contributed by atoms with van der Waals surface area (Å²) >= 11 is 5.97. The summed E-state index contributed by atoms with van der Waals surface area (Å²) in [6.45, 7) is 0. The predicted octanol–water partition coefficient (Wildman–Crippen LogP) is 2.77. The first-order valence-electron chi connectivity index (χ1n) is 4.39. The summed E-state index contributed by atoms with van der Waals surface area (Å²) in [4.78, 5) is 14.5. The van der Waals surface area contributed by atoms with Crippen molar-refractivity contribution < 1.29 is 9.18 Å². The maximum absolute atomic E-state index is 12.9. The molecule has 0 saturated carbocycles. The molecule has 0 bridgehead atoms. The fourth-order valence-corrected chi connectivity index (χ4v) is 1.69. The van der Waals surface area contributed by atoms with Crippen LogP contribution in [0.4, 0.5) is 4.39 Å². The Balaban J connectivity index is 2.67. The summed E-state index contributed by atoms with van der Waals surface area (Å²) in [5, 5.41) is 1.17. The molecule has 0 aliphatic heterocycles. The molecule has 1 heterocycles. The van der Waals surface area contributed by atoms with Crippen molar-refractivity contribution in [2.24, 2.45) is 0 Å². The third-order valence-corrected chi connectivity index (χ3v) is 2.38. The molecule has 2 rings (SSSR count). The Labute approximate surface area is 90.7 Å². The van der Waals surface area contributed by atoms with Gasteiger partial charge in [0.2, 0.25) is 0 Å². The number of halogens is 2. The molecule has 0 aliphatic carbocycles. The van der Waals surface area contributed by atoms with E-state index in [1.807, 2.05) is 0 Å². The maximum Gasteiger partial charge on any atom is 0.125 e. The summed E-state index contributed by atoms with van der Waals surface area (Å²) in [5.41, 5.74) is 1.02. The van der Waals surface area contributed by atoms with E-state index in [1.54, 1.807) is 12.1 Å². The van der Waals surface area contributed by atoms with Crippen LogP contribution in [0.15, 0.2) is 24.3 Å². The first kappa shape index (κ1) is 10.1. The minimum absolute atomic E-state index is 0.187. The van der Waals surface area contributed by atoms with E-state index in [2.05, 4.69) is 4.98 Å². The fraction of sp³-hybridized carbons (Fsp3) is 0.0909. The van der Waals surface area contributed by atoms with Gasteiger partial charge in [-0.3, -0.25) is 4.98 Å². The number of aldehydes is 1. The third-order valence-electron chi connectivity index (χ3n) is 2.07. The van der Waals surface area contributed by atoms with Crippen molar-refractivity contribution in [2.75, 3.05) is 0 Å². The van der Waals surface area contributed by atoms with E-state index in [1.165, 1.54) is 12.1 Å². The van der Waals surface area contributed by atoms with Gasteiger partial charge in [-0.2, -0.15) is 0 Å². The minimum Gasteiger partial charge on any atom is -0.303 e. The van der Waals surface area contributed by atoms with E-state index in [-0.39, 0.29) is 12.2 Å². The molecule has 1 aromatic carbocycles. The Hall–Kier alpha value is -1.48. The lowest BCUT2D eigenvalue weighted by molar-refractivity contribution is -0.107. The second-order valence-corrected chi connectivity index (χ2v) is 3.53. The van der Waals surface area contributed by atoms with E-state index < -0.39 is 0 Å². The van der Waals surface area contributed by atoms with Crippen molar-refractivity contribution in [3.05, 3.63) is 40.8 Å². The largest absolute Gasteiger partial charge is 0.303 e. The molecule has 76 valence electrons. The van der Waals surface area contributed by atoms with E-state index in [4.69, 9.17) is 11.6 Å². The lowest BCUT2D eigenvalue weighted by atomic mass is 10.2. The monoisotopic (exact) mass is 223 g/mol. The predicted molar refractivity (Wildman–Crippen MR) is 56.5 cm³/mol. The van der Waals surface area contributed by atoms with Crippen LogP contribution in [0.5, 0.6) is 0 Å². The minimum atomic E-state index is -0.366. The number of pyridine rings is 1. The fourth-order valence-electron chi connectivity index (χ4n) is 1.40. The molecule has 1 aromatic heterocycles. The molecule has 0 spiro atoms. The second kappa shape index (κ2) is 3.95. The average Bonchev–Trinajstić information content (AvgIpc) is 2.17. The number of carbonyl (C=O) groups is 1. The van der Waals surface area contributed by atoms with E-state index in [0.717, 1.165) is 6.29 Å². The zero-order chi connectivity index (χ0) is 10.8. The molecule has 0 N–H and O–H groups in total. The van der Waals surface area contributed by atoms with Gasteiger partial charge in [0.05, 0.1) is 10.5 Å². The first-order valence-corrected chi connectivity index (χ1v) is 4.77. The molecule has 0 saturated heterocycles. The summed E-state index contributed by atoms with van der Waals surface area (Å²) < 4.78 is 12.9. The van der Waals surface area contributed by atoms with Gasteiger partial charge in [-0.05, 0) is 18.2 Å². The van der Waals surface area contributed by atoms with E-state index in [0.29, 0.717) is 21.6 Å². The Bertz CT molecular complexity index is 527. The number of carbonyl (C=O) groups excluding carboxylic acids is 1. The maximum atomic E-state index is 12.9. The van der Waals surface area contributed by atoms with Gasteiger partial charge in [-0.1, -0.05) is 11.6 Å². The molecule has 2 aromatic rings. The van der Waals surface area contributed by atoms with Crippen LogP contribution in [0.1, 0.15) is 5.69 Å². The molecule has 15 heavy (non-hydrogen) atoms. The van der Waals surface area contributed by atoms with E-state index in [9.17, 15) is 9.18 Å². The van der Waals surface area contributed by atoms with Gasteiger partial charge in [-0.15, -0.1) is 0 Å². The molecule has 0 fully saturated rings. The number of fused-ring (bicyclic) bond motifs is 1. The lowest BCUT2D eigenvalue weighted by Gasteiger charge is -2.02. The average molecular weight is 224 g/mol. The molecule has 2 nitrogen and oxygen atoms in total. The van der Waals surface area contributed by atoms with Gasteiger partial charge in [0.1, 0.15) is 12.1 Å². The van der Waals surface area contributed by atoms with Crippen molar-refractivity contribution in [2.45, 2.75) is 6.42 Å². The van der Waals surface area contributed by atoms with Crippen LogP contribution >= 0.6 is 11.6 Å². The smallest absolute Gasteiger partial charge is 0.125 e. The standard InChI is InChI=1S/C11H7ClFNO/c12-10-6-8(3-4-15)14-11-5-7(13)1-2-9(10)11/h1-2,4-6H,3H2. The van der Waals surface area contributed by atoms with Crippen molar-refractivity contribution in [1.29, 1.82) is 0 Å². The number of hydrogen-bond donors (Lipinski definition) is 0. The molecule has 0 atom stereocenters. The van der Waals surface area contributed by atoms with Crippen LogP contribution in [-0.4, -0.2) is 11.3 Å². The van der Waals surface area contributed by atoms with Crippen LogP contribution in [0.25, 0.3) is 10.9 Å². The zero-order valence-corrected chi connectivity index (χ0v) is 8.46. The van der Waals surface area contributed by atoms with Crippen LogP contribution in [0.2, 0.25) is 5.02 Å². The molecular formula is C11H7ClFNO. The van der Waals surface area contributed by atoms with Crippen LogP contribution in [-0.2, 0) is 11.2 Å². The highest BCUT2D eigenvalue weighted by atomic mass is 35.5. The van der Waals surface area contributed by atoms with Gasteiger partial charge in [-0.25, -0.2) is 4.39 Å². The topological polar surface area (TPSA) is 30.0 Å². The highest BCUT2D eigenvalue weighted by molar-refractivity contribution is 6.35. The Morgan fingerprint density at radius 2 is 2.20 bits per heavy atom. The van der Waals surface area contributed by atoms with Gasteiger partial charge < -0.3 is 4.79 Å². The number of rotatable bonds is 2. The highest BCUT2D eigenvalue weighted by Gasteiger charge is 2.04. The number of aromatic nitrogens is 1. The summed E-state index contributed by atoms with van der Waals surface area (Å²) in [6.07, 6.45) is 0.927. The van der Waals surface area contributed by atoms with Crippen LogP contribution in [0, 0.1) is 5.82 Å². The van der Waals surface area contributed by atoms with Crippen molar-refractivity contribution in [3.8, 4) is 0 Å². The number of benzene rings is 1. The van der Waals surface area contributed by atoms with Gasteiger partial charge >= 0.3 is 0 Å². The summed E-state index contributed by atoms with van der Waals surface area (Å²) in [5.74, 6) is -0.366. The number of hydrogen-bond acceptors (Lipinski definition) is 2. The van der Waals surface area contributed by atoms with Gasteiger partial charge in [0, 0.05) is 23.6 Å². The lowest BCUT2D eigenvalue weighted by Crippen LogP contribution is -1.92. The van der Waals surface area contributed by atoms with Crippen molar-refractivity contribution in [3.63, 3.8) is 0 Å².